The van der Waals surface area contributed by atoms with Gasteiger partial charge < -0.3 is 4.90 Å². The molecule has 0 unspecified atom stereocenters. The van der Waals surface area contributed by atoms with E-state index >= 15 is 0 Å². The Morgan fingerprint density at radius 3 is 2.82 bits per heavy atom. The minimum absolute atomic E-state index is 0.273. The van der Waals surface area contributed by atoms with E-state index in [4.69, 9.17) is 0 Å². The molecule has 1 fully saturated rings. The van der Waals surface area contributed by atoms with Crippen molar-refractivity contribution in [3.63, 3.8) is 0 Å². The molecule has 17 heavy (non-hydrogen) atoms. The predicted octanol–water partition coefficient (Wildman–Crippen LogP) is 3.25. The van der Waals surface area contributed by atoms with Gasteiger partial charge in [-0.1, -0.05) is 0 Å². The van der Waals surface area contributed by atoms with E-state index in [0.717, 1.165) is 11.4 Å². The Bertz CT molecular complexity index is 410. The summed E-state index contributed by atoms with van der Waals surface area (Å²) in [6, 6.07) is 2.69. The standard InChI is InChI=1S/C14H19NOS/c1-2-15(11-7-8-11)14(16)13-9-10-5-3-4-6-12(10)17-13/h9,11H,2-8H2,1H3. The fourth-order valence-electron chi connectivity index (χ4n) is 2.69. The maximum absolute atomic E-state index is 12.4. The van der Waals surface area contributed by atoms with Crippen molar-refractivity contribution in [3.8, 4) is 0 Å². The molecule has 2 aliphatic rings. The maximum Gasteiger partial charge on any atom is 0.264 e. The molecule has 0 saturated heterocycles. The van der Waals surface area contributed by atoms with E-state index in [9.17, 15) is 4.79 Å². The van der Waals surface area contributed by atoms with Gasteiger partial charge in [-0.3, -0.25) is 4.79 Å². The highest BCUT2D eigenvalue weighted by Crippen LogP contribution is 2.33. The number of fused-ring (bicyclic) bond motifs is 1. The monoisotopic (exact) mass is 249 g/mol. The van der Waals surface area contributed by atoms with Gasteiger partial charge in [-0.25, -0.2) is 0 Å². The van der Waals surface area contributed by atoms with E-state index in [1.807, 2.05) is 0 Å². The van der Waals surface area contributed by atoms with Crippen LogP contribution in [0.5, 0.6) is 0 Å². The summed E-state index contributed by atoms with van der Waals surface area (Å²) in [6.07, 6.45) is 7.34. The van der Waals surface area contributed by atoms with E-state index in [1.165, 1.54) is 49.0 Å². The summed E-state index contributed by atoms with van der Waals surface area (Å²) in [5.74, 6) is 0.273. The van der Waals surface area contributed by atoms with Gasteiger partial charge in [0.2, 0.25) is 0 Å². The molecule has 0 radical (unpaired) electrons. The second-order valence-corrected chi connectivity index (χ2v) is 6.23. The van der Waals surface area contributed by atoms with E-state index in [-0.39, 0.29) is 5.91 Å². The van der Waals surface area contributed by atoms with Crippen LogP contribution in [0.4, 0.5) is 0 Å². The lowest BCUT2D eigenvalue weighted by atomic mass is 9.99. The first kappa shape index (κ1) is 11.3. The number of hydrogen-bond donors (Lipinski definition) is 0. The van der Waals surface area contributed by atoms with Gasteiger partial charge in [0.15, 0.2) is 0 Å². The van der Waals surface area contributed by atoms with Crippen LogP contribution in [0.25, 0.3) is 0 Å². The van der Waals surface area contributed by atoms with Crippen LogP contribution in [-0.4, -0.2) is 23.4 Å². The molecule has 1 amide bonds. The molecule has 0 atom stereocenters. The van der Waals surface area contributed by atoms with E-state index < -0.39 is 0 Å². The van der Waals surface area contributed by atoms with Gasteiger partial charge in [0, 0.05) is 17.5 Å². The molecule has 0 N–H and O–H groups in total. The fraction of sp³-hybridized carbons (Fsp3) is 0.643. The summed E-state index contributed by atoms with van der Waals surface area (Å²) in [7, 11) is 0. The molecule has 0 aliphatic heterocycles. The van der Waals surface area contributed by atoms with Gasteiger partial charge >= 0.3 is 0 Å². The van der Waals surface area contributed by atoms with Crippen molar-refractivity contribution in [2.45, 2.75) is 51.5 Å². The maximum atomic E-state index is 12.4. The molecule has 1 aromatic heterocycles. The van der Waals surface area contributed by atoms with Crippen molar-refractivity contribution in [3.05, 3.63) is 21.4 Å². The van der Waals surface area contributed by atoms with Gasteiger partial charge in [0.1, 0.15) is 0 Å². The summed E-state index contributed by atoms with van der Waals surface area (Å²) >= 11 is 1.74. The van der Waals surface area contributed by atoms with Gasteiger partial charge in [-0.05, 0) is 57.1 Å². The highest BCUT2D eigenvalue weighted by atomic mass is 32.1. The summed E-state index contributed by atoms with van der Waals surface area (Å²) in [6.45, 7) is 2.94. The third kappa shape index (κ3) is 2.13. The number of hydrogen-bond acceptors (Lipinski definition) is 2. The van der Waals surface area contributed by atoms with E-state index in [2.05, 4.69) is 17.9 Å². The molecule has 1 aromatic rings. The molecular formula is C14H19NOS. The highest BCUT2D eigenvalue weighted by molar-refractivity contribution is 7.14. The van der Waals surface area contributed by atoms with Crippen LogP contribution in [0.15, 0.2) is 6.07 Å². The lowest BCUT2D eigenvalue weighted by molar-refractivity contribution is 0.0757. The zero-order chi connectivity index (χ0) is 11.8. The molecule has 0 bridgehead atoms. The fourth-order valence-corrected chi connectivity index (χ4v) is 3.90. The molecule has 3 rings (SSSR count). The van der Waals surface area contributed by atoms with Crippen molar-refractivity contribution in [2.24, 2.45) is 0 Å². The second-order valence-electron chi connectivity index (χ2n) is 5.09. The number of thiophene rings is 1. The lowest BCUT2D eigenvalue weighted by Crippen LogP contribution is -2.32. The molecule has 2 aliphatic carbocycles. The summed E-state index contributed by atoms with van der Waals surface area (Å²) in [4.78, 5) is 16.9. The largest absolute Gasteiger partial charge is 0.335 e. The first-order valence-electron chi connectivity index (χ1n) is 6.72. The van der Waals surface area contributed by atoms with Crippen LogP contribution >= 0.6 is 11.3 Å². The number of amides is 1. The first-order valence-corrected chi connectivity index (χ1v) is 7.53. The molecule has 0 spiro atoms. The van der Waals surface area contributed by atoms with E-state index in [0.29, 0.717) is 6.04 Å². The minimum atomic E-state index is 0.273. The van der Waals surface area contributed by atoms with Crippen LogP contribution in [0, 0.1) is 0 Å². The van der Waals surface area contributed by atoms with Crippen LogP contribution < -0.4 is 0 Å². The topological polar surface area (TPSA) is 20.3 Å². The predicted molar refractivity (Wildman–Crippen MR) is 70.7 cm³/mol. The number of rotatable bonds is 3. The van der Waals surface area contributed by atoms with Gasteiger partial charge in [0.05, 0.1) is 4.88 Å². The summed E-state index contributed by atoms with van der Waals surface area (Å²) in [5, 5.41) is 0. The Morgan fingerprint density at radius 1 is 1.41 bits per heavy atom. The third-order valence-corrected chi connectivity index (χ3v) is 5.02. The Kier molecular flexibility index (Phi) is 2.95. The molecule has 1 heterocycles. The number of aryl methyl sites for hydroxylation is 2. The van der Waals surface area contributed by atoms with E-state index in [1.54, 1.807) is 11.3 Å². The molecule has 1 saturated carbocycles. The van der Waals surface area contributed by atoms with Crippen molar-refractivity contribution in [2.75, 3.05) is 6.54 Å². The Hall–Kier alpha value is -0.830. The SMILES string of the molecule is CCN(C(=O)c1cc2c(s1)CCCC2)C1CC1. The number of carbonyl (C=O) groups is 1. The lowest BCUT2D eigenvalue weighted by Gasteiger charge is -2.19. The minimum Gasteiger partial charge on any atom is -0.335 e. The number of carbonyl (C=O) groups excluding carboxylic acids is 1. The van der Waals surface area contributed by atoms with Crippen LogP contribution in [0.1, 0.15) is 52.7 Å². The smallest absolute Gasteiger partial charge is 0.264 e. The van der Waals surface area contributed by atoms with Crippen LogP contribution in [0.3, 0.4) is 0 Å². The number of nitrogens with zero attached hydrogens (tertiary/aromatic N) is 1. The van der Waals surface area contributed by atoms with Crippen molar-refractivity contribution in [1.29, 1.82) is 0 Å². The zero-order valence-electron chi connectivity index (χ0n) is 10.4. The Labute approximate surface area is 107 Å². The van der Waals surface area contributed by atoms with Crippen molar-refractivity contribution >= 4 is 17.2 Å². The first-order chi connectivity index (χ1) is 8.29. The quantitative estimate of drug-likeness (QED) is 0.805. The van der Waals surface area contributed by atoms with Crippen molar-refractivity contribution in [1.82, 2.24) is 4.90 Å². The average Bonchev–Trinajstić information content (AvgIpc) is 3.08. The van der Waals surface area contributed by atoms with Gasteiger partial charge in [-0.2, -0.15) is 0 Å². The van der Waals surface area contributed by atoms with Crippen LogP contribution in [0.2, 0.25) is 0 Å². The normalized spacial score (nSPS) is 18.9. The molecule has 3 heteroatoms. The summed E-state index contributed by atoms with van der Waals surface area (Å²) in [5.41, 5.74) is 1.44. The third-order valence-electron chi connectivity index (χ3n) is 3.80. The Morgan fingerprint density at radius 2 is 2.18 bits per heavy atom. The van der Waals surface area contributed by atoms with Crippen molar-refractivity contribution < 1.29 is 4.79 Å². The zero-order valence-corrected chi connectivity index (χ0v) is 11.2. The average molecular weight is 249 g/mol. The second kappa shape index (κ2) is 4.45. The molecular weight excluding hydrogens is 230 g/mol. The molecule has 2 nitrogen and oxygen atoms in total. The highest BCUT2D eigenvalue weighted by Gasteiger charge is 2.32. The van der Waals surface area contributed by atoms with Crippen LogP contribution in [-0.2, 0) is 12.8 Å². The summed E-state index contributed by atoms with van der Waals surface area (Å²) < 4.78 is 0. The Balaban J connectivity index is 1.82. The van der Waals surface area contributed by atoms with Gasteiger partial charge in [0.25, 0.3) is 5.91 Å². The molecule has 0 aromatic carbocycles. The van der Waals surface area contributed by atoms with Gasteiger partial charge in [-0.15, -0.1) is 11.3 Å². The molecule has 92 valence electrons.